The molecule has 0 saturated heterocycles. The average molecular weight is 247 g/mol. The van der Waals surface area contributed by atoms with Gasteiger partial charge in [-0.3, -0.25) is 4.79 Å². The molecular weight excluding hydrogens is 234 g/mol. The number of rotatable bonds is 2. The molecule has 0 saturated carbocycles. The van der Waals surface area contributed by atoms with Gasteiger partial charge in [-0.25, -0.2) is 0 Å². The van der Waals surface area contributed by atoms with Gasteiger partial charge in [-0.1, -0.05) is 6.07 Å². The Bertz CT molecular complexity index is 421. The Morgan fingerprint density at radius 1 is 1.12 bits per heavy atom. The van der Waals surface area contributed by atoms with Crippen LogP contribution in [0.2, 0.25) is 0 Å². The molecule has 16 heavy (non-hydrogen) atoms. The van der Waals surface area contributed by atoms with Crippen molar-refractivity contribution in [3.8, 4) is 0 Å². The Balaban J connectivity index is 3.50. The van der Waals surface area contributed by atoms with Crippen molar-refractivity contribution in [1.29, 1.82) is 0 Å². The van der Waals surface area contributed by atoms with E-state index >= 15 is 0 Å². The van der Waals surface area contributed by atoms with E-state index in [-0.39, 0.29) is 5.56 Å². The highest BCUT2D eigenvalue weighted by atomic mass is 35.5. The van der Waals surface area contributed by atoms with Crippen molar-refractivity contribution in [3.05, 3.63) is 33.9 Å². The van der Waals surface area contributed by atoms with Crippen LogP contribution in [0.5, 0.6) is 0 Å². The van der Waals surface area contributed by atoms with E-state index in [0.717, 1.165) is 11.1 Å². The summed E-state index contributed by atoms with van der Waals surface area (Å²) in [7, 11) is 0. The van der Waals surface area contributed by atoms with E-state index in [1.165, 1.54) is 0 Å². The van der Waals surface area contributed by atoms with E-state index < -0.39 is 11.2 Å². The van der Waals surface area contributed by atoms with E-state index in [1.54, 1.807) is 27.7 Å². The van der Waals surface area contributed by atoms with Gasteiger partial charge < -0.3 is 0 Å². The number of carbonyl (C=O) groups is 1. The number of benzene rings is 1. The quantitative estimate of drug-likeness (QED) is 0.571. The zero-order valence-corrected chi connectivity index (χ0v) is 10.4. The molecule has 0 bridgehead atoms. The standard InChI is InChI=1S/C12H13ClF2O/c1-6-5-7(2)9(4)10(8(6)3)11(16)12(13,14)15/h5H,1-4H3. The van der Waals surface area contributed by atoms with E-state index in [0.29, 0.717) is 11.1 Å². The summed E-state index contributed by atoms with van der Waals surface area (Å²) in [6.45, 7) is 6.87. The Morgan fingerprint density at radius 3 is 1.81 bits per heavy atom. The van der Waals surface area contributed by atoms with Gasteiger partial charge in [0.15, 0.2) is 0 Å². The minimum atomic E-state index is -3.84. The first-order chi connectivity index (χ1) is 7.16. The first kappa shape index (κ1) is 13.1. The second kappa shape index (κ2) is 4.13. The molecule has 1 aromatic carbocycles. The summed E-state index contributed by atoms with van der Waals surface area (Å²) in [5.41, 5.74) is 2.79. The van der Waals surface area contributed by atoms with Crippen LogP contribution in [0.1, 0.15) is 32.6 Å². The summed E-state index contributed by atoms with van der Waals surface area (Å²) in [5.74, 6) is -1.32. The Labute approximate surface area is 98.4 Å². The number of alkyl halides is 3. The molecule has 0 atom stereocenters. The zero-order chi connectivity index (χ0) is 12.7. The lowest BCUT2D eigenvalue weighted by Crippen LogP contribution is -2.24. The third-order valence-electron chi connectivity index (χ3n) is 2.85. The molecule has 0 aromatic heterocycles. The molecule has 0 radical (unpaired) electrons. The maximum atomic E-state index is 12.8. The molecule has 0 spiro atoms. The second-order valence-electron chi connectivity index (χ2n) is 3.96. The van der Waals surface area contributed by atoms with Crippen LogP contribution in [-0.2, 0) is 0 Å². The van der Waals surface area contributed by atoms with Crippen molar-refractivity contribution in [2.75, 3.05) is 0 Å². The molecule has 0 unspecified atom stereocenters. The van der Waals surface area contributed by atoms with Crippen LogP contribution in [0.3, 0.4) is 0 Å². The monoisotopic (exact) mass is 246 g/mol. The van der Waals surface area contributed by atoms with Gasteiger partial charge in [0.2, 0.25) is 5.78 Å². The van der Waals surface area contributed by atoms with Crippen molar-refractivity contribution in [1.82, 2.24) is 0 Å². The predicted molar refractivity (Wildman–Crippen MR) is 60.5 cm³/mol. The van der Waals surface area contributed by atoms with Crippen LogP contribution < -0.4 is 0 Å². The second-order valence-corrected chi connectivity index (χ2v) is 4.44. The summed E-state index contributed by atoms with van der Waals surface area (Å²) in [5, 5.41) is -3.84. The van der Waals surface area contributed by atoms with Crippen LogP contribution in [0.4, 0.5) is 8.78 Å². The third-order valence-corrected chi connectivity index (χ3v) is 3.02. The minimum Gasteiger partial charge on any atom is -0.286 e. The summed E-state index contributed by atoms with van der Waals surface area (Å²) >= 11 is 4.78. The number of carbonyl (C=O) groups excluding carboxylic acids is 1. The number of hydrogen-bond donors (Lipinski definition) is 0. The molecule has 0 heterocycles. The molecular formula is C12H13ClF2O. The van der Waals surface area contributed by atoms with Crippen LogP contribution >= 0.6 is 11.6 Å². The molecule has 88 valence electrons. The maximum Gasteiger partial charge on any atom is 0.384 e. The van der Waals surface area contributed by atoms with Gasteiger partial charge >= 0.3 is 5.38 Å². The number of Topliss-reactive ketones (excluding diaryl/α,β-unsaturated/α-hetero) is 1. The van der Waals surface area contributed by atoms with E-state index in [9.17, 15) is 13.6 Å². The van der Waals surface area contributed by atoms with Crippen molar-refractivity contribution in [3.63, 3.8) is 0 Å². The fourth-order valence-corrected chi connectivity index (χ4v) is 1.79. The van der Waals surface area contributed by atoms with Gasteiger partial charge in [-0.2, -0.15) is 8.78 Å². The number of ketones is 1. The molecule has 0 fully saturated rings. The number of aryl methyl sites for hydroxylation is 2. The highest BCUT2D eigenvalue weighted by Crippen LogP contribution is 2.30. The molecule has 0 N–H and O–H groups in total. The topological polar surface area (TPSA) is 17.1 Å². The lowest BCUT2D eigenvalue weighted by molar-refractivity contribution is 0.0534. The SMILES string of the molecule is Cc1cc(C)c(C)c(C(=O)C(F)(F)Cl)c1C. The molecule has 1 rings (SSSR count). The third kappa shape index (κ3) is 2.24. The average Bonchev–Trinajstić information content (AvgIpc) is 2.13. The molecule has 0 aliphatic carbocycles. The summed E-state index contributed by atoms with van der Waals surface area (Å²) < 4.78 is 25.7. The van der Waals surface area contributed by atoms with Gasteiger partial charge in [0, 0.05) is 5.56 Å². The predicted octanol–water partition coefficient (Wildman–Crippen LogP) is 3.93. The van der Waals surface area contributed by atoms with Crippen molar-refractivity contribution < 1.29 is 13.6 Å². The Hall–Kier alpha value is -0.960. The van der Waals surface area contributed by atoms with Gasteiger partial charge in [0.1, 0.15) is 0 Å². The zero-order valence-electron chi connectivity index (χ0n) is 9.62. The fraction of sp³-hybridized carbons (Fsp3) is 0.417. The highest BCUT2D eigenvalue weighted by Gasteiger charge is 2.38. The fourth-order valence-electron chi connectivity index (χ4n) is 1.70. The van der Waals surface area contributed by atoms with Crippen LogP contribution in [0.25, 0.3) is 0 Å². The lowest BCUT2D eigenvalue weighted by atomic mass is 9.92. The summed E-state index contributed by atoms with van der Waals surface area (Å²) in [6, 6.07) is 1.87. The minimum absolute atomic E-state index is 0.0394. The van der Waals surface area contributed by atoms with Crippen molar-refractivity contribution in [2.24, 2.45) is 0 Å². The smallest absolute Gasteiger partial charge is 0.286 e. The van der Waals surface area contributed by atoms with E-state index in [1.807, 2.05) is 6.07 Å². The summed E-state index contributed by atoms with van der Waals surface area (Å²) in [4.78, 5) is 11.5. The van der Waals surface area contributed by atoms with Crippen molar-refractivity contribution >= 4 is 17.4 Å². The molecule has 0 aliphatic rings. The first-order valence-corrected chi connectivity index (χ1v) is 5.23. The van der Waals surface area contributed by atoms with E-state index in [4.69, 9.17) is 11.6 Å². The molecule has 4 heteroatoms. The highest BCUT2D eigenvalue weighted by molar-refractivity contribution is 6.35. The Morgan fingerprint density at radius 2 is 1.50 bits per heavy atom. The normalized spacial score (nSPS) is 11.7. The Kier molecular flexibility index (Phi) is 3.38. The molecule has 1 nitrogen and oxygen atoms in total. The first-order valence-electron chi connectivity index (χ1n) is 4.85. The lowest BCUT2D eigenvalue weighted by Gasteiger charge is -2.16. The largest absolute Gasteiger partial charge is 0.384 e. The summed E-state index contributed by atoms with van der Waals surface area (Å²) in [6.07, 6.45) is 0. The molecule has 0 amide bonds. The van der Waals surface area contributed by atoms with E-state index in [2.05, 4.69) is 0 Å². The number of halogens is 3. The van der Waals surface area contributed by atoms with Crippen LogP contribution in [0, 0.1) is 27.7 Å². The van der Waals surface area contributed by atoms with Gasteiger partial charge in [0.25, 0.3) is 0 Å². The van der Waals surface area contributed by atoms with Gasteiger partial charge in [0.05, 0.1) is 0 Å². The van der Waals surface area contributed by atoms with Gasteiger partial charge in [-0.15, -0.1) is 0 Å². The van der Waals surface area contributed by atoms with Crippen molar-refractivity contribution in [2.45, 2.75) is 33.1 Å². The molecule has 0 aliphatic heterocycles. The van der Waals surface area contributed by atoms with Crippen LogP contribution in [0.15, 0.2) is 6.07 Å². The maximum absolute atomic E-state index is 12.8. The molecule has 1 aromatic rings. The van der Waals surface area contributed by atoms with Gasteiger partial charge in [-0.05, 0) is 61.5 Å². The van der Waals surface area contributed by atoms with Crippen LogP contribution in [-0.4, -0.2) is 11.2 Å². The number of hydrogen-bond acceptors (Lipinski definition) is 1.